The van der Waals surface area contributed by atoms with Crippen molar-refractivity contribution >= 4 is 33.4 Å². The molecule has 0 unspecified atom stereocenters. The molecule has 1 N–H and O–H groups in total. The van der Waals surface area contributed by atoms with Crippen LogP contribution < -0.4 is 5.32 Å². The van der Waals surface area contributed by atoms with Crippen molar-refractivity contribution in [1.82, 2.24) is 0 Å². The number of halogens is 1. The zero-order chi connectivity index (χ0) is 14.4. The van der Waals surface area contributed by atoms with Crippen molar-refractivity contribution in [1.29, 1.82) is 0 Å². The summed E-state index contributed by atoms with van der Waals surface area (Å²) < 4.78 is 1.12. The van der Waals surface area contributed by atoms with Crippen LogP contribution >= 0.6 is 27.7 Å². The third-order valence-corrected chi connectivity index (χ3v) is 4.53. The van der Waals surface area contributed by atoms with Crippen molar-refractivity contribution in [3.63, 3.8) is 0 Å². The van der Waals surface area contributed by atoms with Gasteiger partial charge in [0.25, 0.3) is 0 Å². The Morgan fingerprint density at radius 1 is 1.00 bits per heavy atom. The van der Waals surface area contributed by atoms with Crippen molar-refractivity contribution in [2.45, 2.75) is 19.6 Å². The Bertz CT molecular complexity index is 531. The molecule has 0 aliphatic rings. The lowest BCUT2D eigenvalue weighted by molar-refractivity contribution is 1.22. The minimum atomic E-state index is 0.997. The number of aryl methyl sites for hydroxylation is 2. The van der Waals surface area contributed by atoms with Crippen LogP contribution in [-0.4, -0.2) is 12.3 Å². The molecule has 0 amide bonds. The predicted octanol–water partition coefficient (Wildman–Crippen LogP) is 5.41. The molecule has 0 aliphatic carbocycles. The van der Waals surface area contributed by atoms with E-state index in [1.165, 1.54) is 22.4 Å². The standard InChI is InChI=1S/C17H20BrNS/c1-13-9-14(2)11-15(10-13)12-20-8-7-19-17-5-3-16(18)4-6-17/h3-6,9-11,19H,7-8,12H2,1-2H3. The summed E-state index contributed by atoms with van der Waals surface area (Å²) in [5, 5.41) is 3.44. The SMILES string of the molecule is Cc1cc(C)cc(CSCCNc2ccc(Br)cc2)c1. The van der Waals surface area contributed by atoms with Gasteiger partial charge in [0.2, 0.25) is 0 Å². The van der Waals surface area contributed by atoms with Gasteiger partial charge in [-0.15, -0.1) is 0 Å². The Morgan fingerprint density at radius 2 is 1.65 bits per heavy atom. The van der Waals surface area contributed by atoms with Gasteiger partial charge in [0.15, 0.2) is 0 Å². The first kappa shape index (κ1) is 15.5. The van der Waals surface area contributed by atoms with E-state index in [0.29, 0.717) is 0 Å². The molecule has 0 radical (unpaired) electrons. The molecule has 3 heteroatoms. The number of benzene rings is 2. The normalized spacial score (nSPS) is 10.6. The van der Waals surface area contributed by atoms with Gasteiger partial charge in [-0.25, -0.2) is 0 Å². The molecule has 0 spiro atoms. The van der Waals surface area contributed by atoms with E-state index < -0.39 is 0 Å². The monoisotopic (exact) mass is 349 g/mol. The molecule has 0 aromatic heterocycles. The highest BCUT2D eigenvalue weighted by molar-refractivity contribution is 9.10. The summed E-state index contributed by atoms with van der Waals surface area (Å²) >= 11 is 5.42. The molecule has 106 valence electrons. The maximum Gasteiger partial charge on any atom is 0.0341 e. The fourth-order valence-electron chi connectivity index (χ4n) is 2.18. The first-order chi connectivity index (χ1) is 9.63. The quantitative estimate of drug-likeness (QED) is 0.699. The Labute approximate surface area is 134 Å². The third kappa shape index (κ3) is 5.22. The fraction of sp³-hybridized carbons (Fsp3) is 0.294. The van der Waals surface area contributed by atoms with Gasteiger partial charge in [-0.2, -0.15) is 11.8 Å². The molecule has 2 aromatic rings. The van der Waals surface area contributed by atoms with E-state index in [-0.39, 0.29) is 0 Å². The van der Waals surface area contributed by atoms with Gasteiger partial charge in [0.05, 0.1) is 0 Å². The highest BCUT2D eigenvalue weighted by Crippen LogP contribution is 2.17. The maximum atomic E-state index is 3.44. The zero-order valence-corrected chi connectivity index (χ0v) is 14.4. The average molecular weight is 350 g/mol. The number of rotatable bonds is 6. The second kappa shape index (κ2) is 7.75. The van der Waals surface area contributed by atoms with Crippen LogP contribution in [0.25, 0.3) is 0 Å². The van der Waals surface area contributed by atoms with Crippen LogP contribution in [-0.2, 0) is 5.75 Å². The lowest BCUT2D eigenvalue weighted by Crippen LogP contribution is -2.04. The molecule has 2 aromatic carbocycles. The van der Waals surface area contributed by atoms with E-state index in [1.54, 1.807) is 0 Å². The van der Waals surface area contributed by atoms with E-state index in [1.807, 2.05) is 11.8 Å². The molecule has 0 atom stereocenters. The zero-order valence-electron chi connectivity index (χ0n) is 11.9. The second-order valence-electron chi connectivity index (χ2n) is 4.98. The summed E-state index contributed by atoms with van der Waals surface area (Å²) in [7, 11) is 0. The molecule has 0 fully saturated rings. The molecule has 2 rings (SSSR count). The van der Waals surface area contributed by atoms with Gasteiger partial charge < -0.3 is 5.32 Å². The first-order valence-electron chi connectivity index (χ1n) is 6.78. The summed E-state index contributed by atoms with van der Waals surface area (Å²) in [5.74, 6) is 2.20. The Hall–Kier alpha value is -0.930. The number of hydrogen-bond acceptors (Lipinski definition) is 2. The second-order valence-corrected chi connectivity index (χ2v) is 7.00. The van der Waals surface area contributed by atoms with Crippen LogP contribution in [0.3, 0.4) is 0 Å². The van der Waals surface area contributed by atoms with Crippen molar-refractivity contribution in [2.24, 2.45) is 0 Å². The summed E-state index contributed by atoms with van der Waals surface area (Å²) in [6.45, 7) is 5.32. The third-order valence-electron chi connectivity index (χ3n) is 2.97. The number of nitrogens with one attached hydrogen (secondary N) is 1. The number of anilines is 1. The molecule has 1 nitrogen and oxygen atoms in total. The summed E-state index contributed by atoms with van der Waals surface area (Å²) in [6.07, 6.45) is 0. The summed E-state index contributed by atoms with van der Waals surface area (Å²) in [4.78, 5) is 0. The van der Waals surface area contributed by atoms with E-state index in [9.17, 15) is 0 Å². The van der Waals surface area contributed by atoms with E-state index >= 15 is 0 Å². The van der Waals surface area contributed by atoms with Crippen LogP contribution in [0.15, 0.2) is 46.9 Å². The van der Waals surface area contributed by atoms with E-state index in [4.69, 9.17) is 0 Å². The van der Waals surface area contributed by atoms with Gasteiger partial charge in [0.1, 0.15) is 0 Å². The lowest BCUT2D eigenvalue weighted by atomic mass is 10.1. The molecular weight excluding hydrogens is 330 g/mol. The first-order valence-corrected chi connectivity index (χ1v) is 8.72. The largest absolute Gasteiger partial charge is 0.384 e. The topological polar surface area (TPSA) is 12.0 Å². The van der Waals surface area contributed by atoms with Gasteiger partial charge >= 0.3 is 0 Å². The highest BCUT2D eigenvalue weighted by atomic mass is 79.9. The fourth-order valence-corrected chi connectivity index (χ4v) is 3.24. The summed E-state index contributed by atoms with van der Waals surface area (Å²) in [6, 6.07) is 15.1. The molecule has 20 heavy (non-hydrogen) atoms. The van der Waals surface area contributed by atoms with Crippen LogP contribution in [0.5, 0.6) is 0 Å². The lowest BCUT2D eigenvalue weighted by Gasteiger charge is -2.07. The van der Waals surface area contributed by atoms with Gasteiger partial charge in [-0.1, -0.05) is 45.3 Å². The number of hydrogen-bond donors (Lipinski definition) is 1. The summed E-state index contributed by atoms with van der Waals surface area (Å²) in [5.41, 5.74) is 5.32. The van der Waals surface area contributed by atoms with Gasteiger partial charge in [-0.05, 0) is 43.7 Å². The Morgan fingerprint density at radius 3 is 2.30 bits per heavy atom. The molecule has 0 saturated carbocycles. The van der Waals surface area contributed by atoms with E-state index in [2.05, 4.69) is 77.6 Å². The Balaban J connectivity index is 1.70. The smallest absolute Gasteiger partial charge is 0.0341 e. The minimum Gasteiger partial charge on any atom is -0.384 e. The molecule has 0 bridgehead atoms. The van der Waals surface area contributed by atoms with E-state index in [0.717, 1.165) is 22.5 Å². The maximum absolute atomic E-state index is 3.44. The van der Waals surface area contributed by atoms with Crippen molar-refractivity contribution in [2.75, 3.05) is 17.6 Å². The molecule has 0 saturated heterocycles. The Kier molecular flexibility index (Phi) is 5.99. The van der Waals surface area contributed by atoms with Crippen molar-refractivity contribution in [3.05, 3.63) is 63.6 Å². The minimum absolute atomic E-state index is 0.997. The average Bonchev–Trinajstić information content (AvgIpc) is 2.39. The molecule has 0 heterocycles. The highest BCUT2D eigenvalue weighted by Gasteiger charge is 1.97. The number of thioether (sulfide) groups is 1. The van der Waals surface area contributed by atoms with Crippen LogP contribution in [0.4, 0.5) is 5.69 Å². The van der Waals surface area contributed by atoms with Crippen LogP contribution in [0, 0.1) is 13.8 Å². The predicted molar refractivity (Wildman–Crippen MR) is 94.7 cm³/mol. The van der Waals surface area contributed by atoms with Crippen LogP contribution in [0.2, 0.25) is 0 Å². The molecule has 0 aliphatic heterocycles. The molecular formula is C17H20BrNS. The van der Waals surface area contributed by atoms with Crippen molar-refractivity contribution in [3.8, 4) is 0 Å². The van der Waals surface area contributed by atoms with Gasteiger partial charge in [0, 0.05) is 28.2 Å². The van der Waals surface area contributed by atoms with Gasteiger partial charge in [-0.3, -0.25) is 0 Å². The van der Waals surface area contributed by atoms with Crippen molar-refractivity contribution < 1.29 is 0 Å². The van der Waals surface area contributed by atoms with Crippen LogP contribution in [0.1, 0.15) is 16.7 Å².